The predicted molar refractivity (Wildman–Crippen MR) is 139 cm³/mol. The highest BCUT2D eigenvalue weighted by atomic mass is 35.5. The van der Waals surface area contributed by atoms with Gasteiger partial charge in [-0.1, -0.05) is 22.8 Å². The standard InChI is InChI=1S/C26H21ClN4O4S/c1-15-8-17(11-18(27)9-15)21-13-24(34-3)22(10-16(21)2)26-20-5-4-19(12-23(20)28-14-29-26)36(32,33)31-25-6-7-35-30-25/h4-14H,1-3H3,(H,30,31). The van der Waals surface area contributed by atoms with Crippen LogP contribution in [0.15, 0.2) is 76.6 Å². The number of ether oxygens (including phenoxy) is 1. The molecule has 0 amide bonds. The number of nitrogens with zero attached hydrogens (tertiary/aromatic N) is 3. The Labute approximate surface area is 213 Å². The third kappa shape index (κ3) is 4.50. The van der Waals surface area contributed by atoms with Crippen molar-refractivity contribution in [1.82, 2.24) is 15.1 Å². The summed E-state index contributed by atoms with van der Waals surface area (Å²) >= 11 is 6.30. The Kier molecular flexibility index (Phi) is 6.11. The van der Waals surface area contributed by atoms with E-state index in [1.54, 1.807) is 13.2 Å². The predicted octanol–water partition coefficient (Wildman–Crippen LogP) is 6.03. The van der Waals surface area contributed by atoms with E-state index in [0.717, 1.165) is 27.8 Å². The molecule has 3 aromatic carbocycles. The van der Waals surface area contributed by atoms with Gasteiger partial charge in [0.05, 0.1) is 23.2 Å². The fourth-order valence-electron chi connectivity index (χ4n) is 4.13. The van der Waals surface area contributed by atoms with E-state index in [1.165, 1.54) is 30.8 Å². The summed E-state index contributed by atoms with van der Waals surface area (Å²) < 4.78 is 38.4. The number of anilines is 1. The smallest absolute Gasteiger partial charge is 0.263 e. The first-order valence-electron chi connectivity index (χ1n) is 10.9. The average Bonchev–Trinajstić information content (AvgIpc) is 3.35. The monoisotopic (exact) mass is 520 g/mol. The summed E-state index contributed by atoms with van der Waals surface area (Å²) in [4.78, 5) is 8.86. The van der Waals surface area contributed by atoms with Crippen molar-refractivity contribution < 1.29 is 17.7 Å². The van der Waals surface area contributed by atoms with E-state index >= 15 is 0 Å². The molecule has 0 spiro atoms. The van der Waals surface area contributed by atoms with Gasteiger partial charge in [-0.3, -0.25) is 4.72 Å². The molecule has 5 rings (SSSR count). The van der Waals surface area contributed by atoms with Crippen molar-refractivity contribution in [2.75, 3.05) is 11.8 Å². The molecule has 1 N–H and O–H groups in total. The van der Waals surface area contributed by atoms with Crippen molar-refractivity contribution in [3.05, 3.63) is 83.3 Å². The largest absolute Gasteiger partial charge is 0.496 e. The highest BCUT2D eigenvalue weighted by Gasteiger charge is 2.19. The van der Waals surface area contributed by atoms with Crippen LogP contribution in [-0.2, 0) is 10.0 Å². The second kappa shape index (κ2) is 9.25. The van der Waals surface area contributed by atoms with Crippen LogP contribution >= 0.6 is 11.6 Å². The van der Waals surface area contributed by atoms with Crippen LogP contribution in [0, 0.1) is 13.8 Å². The zero-order chi connectivity index (χ0) is 25.4. The fourth-order valence-corrected chi connectivity index (χ4v) is 5.43. The molecular weight excluding hydrogens is 500 g/mol. The molecule has 2 aromatic heterocycles. The Morgan fingerprint density at radius 2 is 1.81 bits per heavy atom. The van der Waals surface area contributed by atoms with Crippen molar-refractivity contribution >= 4 is 38.3 Å². The van der Waals surface area contributed by atoms with E-state index in [-0.39, 0.29) is 10.7 Å². The summed E-state index contributed by atoms with van der Waals surface area (Å²) in [7, 11) is -2.28. The number of methoxy groups -OCH3 is 1. The van der Waals surface area contributed by atoms with E-state index < -0.39 is 10.0 Å². The second-order valence-corrected chi connectivity index (χ2v) is 10.4. The summed E-state index contributed by atoms with van der Waals surface area (Å²) in [5, 5.41) is 4.94. The minimum absolute atomic E-state index is 0.0393. The minimum atomic E-state index is -3.88. The number of aromatic nitrogens is 3. The molecule has 5 aromatic rings. The number of sulfonamides is 1. The van der Waals surface area contributed by atoms with Crippen molar-refractivity contribution in [2.24, 2.45) is 0 Å². The summed E-state index contributed by atoms with van der Waals surface area (Å²) in [6, 6.07) is 16.0. The Balaban J connectivity index is 1.60. The maximum absolute atomic E-state index is 12.8. The zero-order valence-corrected chi connectivity index (χ0v) is 21.2. The summed E-state index contributed by atoms with van der Waals surface area (Å²) in [5.41, 5.74) is 5.91. The molecule has 182 valence electrons. The lowest BCUT2D eigenvalue weighted by Crippen LogP contribution is -2.13. The first-order valence-corrected chi connectivity index (χ1v) is 12.8. The van der Waals surface area contributed by atoms with Gasteiger partial charge in [-0.15, -0.1) is 0 Å². The van der Waals surface area contributed by atoms with E-state index in [9.17, 15) is 8.42 Å². The molecular formula is C26H21ClN4O4S. The Morgan fingerprint density at radius 3 is 2.53 bits per heavy atom. The van der Waals surface area contributed by atoms with Crippen LogP contribution in [0.3, 0.4) is 0 Å². The number of rotatable bonds is 6. The number of fused-ring (bicyclic) bond motifs is 1. The van der Waals surface area contributed by atoms with Gasteiger partial charge in [0.2, 0.25) is 0 Å². The van der Waals surface area contributed by atoms with Gasteiger partial charge < -0.3 is 9.26 Å². The highest BCUT2D eigenvalue weighted by Crippen LogP contribution is 2.39. The van der Waals surface area contributed by atoms with Crippen LogP contribution in [0.4, 0.5) is 5.82 Å². The number of halogens is 1. The lowest BCUT2D eigenvalue weighted by Gasteiger charge is -2.16. The van der Waals surface area contributed by atoms with E-state index in [4.69, 9.17) is 20.9 Å². The summed E-state index contributed by atoms with van der Waals surface area (Å²) in [6.45, 7) is 4.01. The third-order valence-electron chi connectivity index (χ3n) is 5.75. The van der Waals surface area contributed by atoms with Crippen molar-refractivity contribution in [2.45, 2.75) is 18.7 Å². The molecule has 0 saturated carbocycles. The minimum Gasteiger partial charge on any atom is -0.496 e. The molecule has 2 heterocycles. The molecule has 0 radical (unpaired) electrons. The lowest BCUT2D eigenvalue weighted by molar-refractivity contribution is 0.416. The van der Waals surface area contributed by atoms with Gasteiger partial charge in [0.25, 0.3) is 10.0 Å². The van der Waals surface area contributed by atoms with Crippen LogP contribution in [-0.4, -0.2) is 30.7 Å². The normalized spacial score (nSPS) is 11.6. The number of hydrogen-bond acceptors (Lipinski definition) is 7. The van der Waals surface area contributed by atoms with Crippen LogP contribution in [0.1, 0.15) is 11.1 Å². The molecule has 8 nitrogen and oxygen atoms in total. The molecule has 0 aliphatic heterocycles. The summed E-state index contributed by atoms with van der Waals surface area (Å²) in [5.74, 6) is 0.714. The maximum atomic E-state index is 12.8. The Hall–Kier alpha value is -3.95. The molecule has 36 heavy (non-hydrogen) atoms. The number of aryl methyl sites for hydroxylation is 2. The van der Waals surface area contributed by atoms with Gasteiger partial charge in [-0.2, -0.15) is 0 Å². The topological polar surface area (TPSA) is 107 Å². The Morgan fingerprint density at radius 1 is 0.972 bits per heavy atom. The van der Waals surface area contributed by atoms with Gasteiger partial charge >= 0.3 is 0 Å². The highest BCUT2D eigenvalue weighted by molar-refractivity contribution is 7.92. The molecule has 0 aliphatic carbocycles. The van der Waals surface area contributed by atoms with Crippen LogP contribution in [0.5, 0.6) is 5.75 Å². The van der Waals surface area contributed by atoms with Crippen molar-refractivity contribution in [3.8, 4) is 28.1 Å². The average molecular weight is 521 g/mol. The van der Waals surface area contributed by atoms with Crippen LogP contribution in [0.25, 0.3) is 33.3 Å². The second-order valence-electron chi connectivity index (χ2n) is 8.28. The number of hydrogen-bond donors (Lipinski definition) is 1. The fraction of sp³-hybridized carbons (Fsp3) is 0.115. The zero-order valence-electron chi connectivity index (χ0n) is 19.6. The van der Waals surface area contributed by atoms with Gasteiger partial charge in [-0.05, 0) is 78.6 Å². The molecule has 0 saturated heterocycles. The van der Waals surface area contributed by atoms with E-state index in [1.807, 2.05) is 38.1 Å². The molecule has 0 aliphatic rings. The molecule has 0 unspecified atom stereocenters. The van der Waals surface area contributed by atoms with Crippen LogP contribution in [0.2, 0.25) is 5.02 Å². The quantitative estimate of drug-likeness (QED) is 0.291. The first kappa shape index (κ1) is 23.8. The van der Waals surface area contributed by atoms with Gasteiger partial charge in [0, 0.05) is 22.0 Å². The molecule has 0 fully saturated rings. The third-order valence-corrected chi connectivity index (χ3v) is 7.32. The van der Waals surface area contributed by atoms with Crippen LogP contribution < -0.4 is 9.46 Å². The van der Waals surface area contributed by atoms with E-state index in [0.29, 0.717) is 27.4 Å². The molecule has 10 heteroatoms. The number of nitrogens with one attached hydrogen (secondary N) is 1. The molecule has 0 bridgehead atoms. The maximum Gasteiger partial charge on any atom is 0.263 e. The SMILES string of the molecule is COc1cc(-c2cc(C)cc(Cl)c2)c(C)cc1-c1ncnc2cc(S(=O)(=O)Nc3ccon3)ccc12. The van der Waals surface area contributed by atoms with E-state index in [2.05, 4.69) is 25.9 Å². The molecule has 0 atom stereocenters. The first-order chi connectivity index (χ1) is 17.2. The van der Waals surface area contributed by atoms with Gasteiger partial charge in [0.1, 0.15) is 18.3 Å². The van der Waals surface area contributed by atoms with Crippen molar-refractivity contribution in [3.63, 3.8) is 0 Å². The van der Waals surface area contributed by atoms with Gasteiger partial charge in [-0.25, -0.2) is 18.4 Å². The Bertz CT molecular complexity index is 1680. The van der Waals surface area contributed by atoms with Gasteiger partial charge in [0.15, 0.2) is 5.82 Å². The number of benzene rings is 3. The van der Waals surface area contributed by atoms with Crippen molar-refractivity contribution in [1.29, 1.82) is 0 Å². The lowest BCUT2D eigenvalue weighted by atomic mass is 9.94. The summed E-state index contributed by atoms with van der Waals surface area (Å²) in [6.07, 6.45) is 2.69.